The molecule has 166 valence electrons. The average Bonchev–Trinajstić information content (AvgIpc) is 3.26. The lowest BCUT2D eigenvalue weighted by atomic mass is 10.1. The number of hydrogen-bond donors (Lipinski definition) is 1. The number of fused-ring (bicyclic) bond motifs is 4. The molecule has 0 spiro atoms. The quantitative estimate of drug-likeness (QED) is 0.470. The number of imidazole rings is 1. The van der Waals surface area contributed by atoms with Gasteiger partial charge in [-0.25, -0.2) is 9.88 Å². The van der Waals surface area contributed by atoms with Gasteiger partial charge in [-0.1, -0.05) is 31.2 Å². The summed E-state index contributed by atoms with van der Waals surface area (Å²) in [6.07, 6.45) is 5.74. The molecule has 0 aliphatic carbocycles. The lowest BCUT2D eigenvalue weighted by Gasteiger charge is -2.20. The number of hydrogen-bond acceptors (Lipinski definition) is 5. The lowest BCUT2D eigenvalue weighted by molar-refractivity contribution is 0.0618. The Morgan fingerprint density at radius 1 is 1.03 bits per heavy atom. The molecule has 7 heteroatoms. The maximum Gasteiger partial charge on any atom is 0.265 e. The van der Waals surface area contributed by atoms with E-state index in [0.717, 1.165) is 44.6 Å². The lowest BCUT2D eigenvalue weighted by Crippen LogP contribution is -2.27. The average molecular weight is 441 g/mol. The molecule has 1 aliphatic rings. The first-order valence-electron chi connectivity index (χ1n) is 10.9. The first-order valence-corrected chi connectivity index (χ1v) is 10.9. The van der Waals surface area contributed by atoms with E-state index in [1.165, 1.54) is 6.20 Å². The number of pyridine rings is 1. The molecule has 0 radical (unpaired) electrons. The van der Waals surface area contributed by atoms with Crippen LogP contribution in [0.2, 0.25) is 0 Å². The maximum atomic E-state index is 12.6. The number of rotatable bonds is 5. The van der Waals surface area contributed by atoms with Gasteiger partial charge < -0.3 is 9.67 Å². The number of aryl methyl sites for hydroxylation is 1. The number of carbonyl (C=O) groups is 2. The zero-order valence-electron chi connectivity index (χ0n) is 18.7. The maximum absolute atomic E-state index is 12.6. The van der Waals surface area contributed by atoms with Crippen molar-refractivity contribution >= 4 is 39.8 Å². The van der Waals surface area contributed by atoms with Crippen LogP contribution in [0, 0.1) is 0 Å². The molecule has 0 saturated carbocycles. The summed E-state index contributed by atoms with van der Waals surface area (Å²) in [4.78, 5) is 35.6. The second-order valence-electron chi connectivity index (χ2n) is 8.89. The Balaban J connectivity index is 1.53. The summed E-state index contributed by atoms with van der Waals surface area (Å²) in [5, 5.41) is 11.4. The molecule has 0 saturated heterocycles. The summed E-state index contributed by atoms with van der Waals surface area (Å²) in [5.41, 5.74) is 3.26. The summed E-state index contributed by atoms with van der Waals surface area (Å²) >= 11 is 0. The largest absolute Gasteiger partial charge is 0.389 e. The summed E-state index contributed by atoms with van der Waals surface area (Å²) in [5.74, 6) is 0.251. The van der Waals surface area contributed by atoms with Gasteiger partial charge in [0, 0.05) is 18.0 Å². The van der Waals surface area contributed by atoms with E-state index in [1.807, 2.05) is 25.1 Å². The standard InChI is InChI=1S/C26H24N4O3/c1-4-22-28-21-14-27-20-13-16(9-10-19(20)23(21)30(22)15-26(2,3)33)11-12-29-24(31)17-7-5-6-8-18(17)25(29)32/h5-14,33H,4,15H2,1-3H3. The van der Waals surface area contributed by atoms with E-state index in [-0.39, 0.29) is 11.8 Å². The van der Waals surface area contributed by atoms with E-state index in [2.05, 4.69) is 9.55 Å². The number of aliphatic hydroxyl groups is 1. The zero-order valence-corrected chi connectivity index (χ0v) is 18.7. The van der Waals surface area contributed by atoms with Crippen LogP contribution in [0.4, 0.5) is 0 Å². The Bertz CT molecular complexity index is 1420. The molecular weight excluding hydrogens is 416 g/mol. The van der Waals surface area contributed by atoms with E-state index in [9.17, 15) is 14.7 Å². The van der Waals surface area contributed by atoms with Crippen molar-refractivity contribution in [3.05, 3.63) is 77.4 Å². The third kappa shape index (κ3) is 3.60. The molecule has 2 aromatic heterocycles. The molecule has 2 aromatic carbocycles. The van der Waals surface area contributed by atoms with Crippen LogP contribution in [0.25, 0.3) is 28.0 Å². The van der Waals surface area contributed by atoms with Crippen LogP contribution in [0.1, 0.15) is 52.9 Å². The fourth-order valence-corrected chi connectivity index (χ4v) is 4.31. The second-order valence-corrected chi connectivity index (χ2v) is 8.89. The Morgan fingerprint density at radius 2 is 1.73 bits per heavy atom. The minimum absolute atomic E-state index is 0.324. The molecule has 0 unspecified atom stereocenters. The zero-order chi connectivity index (χ0) is 23.3. The Kier molecular flexibility index (Phi) is 4.87. The topological polar surface area (TPSA) is 88.3 Å². The van der Waals surface area contributed by atoms with Crippen molar-refractivity contribution < 1.29 is 14.7 Å². The minimum atomic E-state index is -0.887. The van der Waals surface area contributed by atoms with E-state index in [0.29, 0.717) is 17.7 Å². The van der Waals surface area contributed by atoms with Gasteiger partial charge >= 0.3 is 0 Å². The molecule has 0 bridgehead atoms. The predicted molar refractivity (Wildman–Crippen MR) is 127 cm³/mol. The molecule has 1 aliphatic heterocycles. The van der Waals surface area contributed by atoms with Gasteiger partial charge in [0.15, 0.2) is 0 Å². The number of carbonyl (C=O) groups excluding carboxylic acids is 2. The van der Waals surface area contributed by atoms with Gasteiger partial charge in [-0.3, -0.25) is 14.6 Å². The Labute approximate surface area is 191 Å². The highest BCUT2D eigenvalue weighted by Crippen LogP contribution is 2.28. The summed E-state index contributed by atoms with van der Waals surface area (Å²) in [6.45, 7) is 6.03. The van der Waals surface area contributed by atoms with Crippen LogP contribution in [0.15, 0.2) is 54.9 Å². The van der Waals surface area contributed by atoms with Crippen molar-refractivity contribution in [3.63, 3.8) is 0 Å². The van der Waals surface area contributed by atoms with Gasteiger partial charge in [0.1, 0.15) is 11.3 Å². The Hall–Kier alpha value is -3.84. The highest BCUT2D eigenvalue weighted by atomic mass is 16.3. The highest BCUT2D eigenvalue weighted by molar-refractivity contribution is 6.22. The fourth-order valence-electron chi connectivity index (χ4n) is 4.31. The first-order chi connectivity index (χ1) is 15.8. The molecule has 0 fully saturated rings. The summed E-state index contributed by atoms with van der Waals surface area (Å²) in [7, 11) is 0. The van der Waals surface area contributed by atoms with Gasteiger partial charge in [-0.2, -0.15) is 0 Å². The van der Waals surface area contributed by atoms with Crippen LogP contribution in [0.3, 0.4) is 0 Å². The normalized spacial score (nSPS) is 14.2. The third-order valence-corrected chi connectivity index (χ3v) is 5.78. The van der Waals surface area contributed by atoms with E-state index in [4.69, 9.17) is 4.98 Å². The van der Waals surface area contributed by atoms with Gasteiger partial charge in [0.2, 0.25) is 0 Å². The summed E-state index contributed by atoms with van der Waals surface area (Å²) in [6, 6.07) is 12.6. The van der Waals surface area contributed by atoms with Crippen molar-refractivity contribution in [2.45, 2.75) is 39.3 Å². The number of benzene rings is 2. The molecule has 4 aromatic rings. The van der Waals surface area contributed by atoms with Crippen LogP contribution in [0.5, 0.6) is 0 Å². The number of amides is 2. The molecular formula is C26H24N4O3. The predicted octanol–water partition coefficient (Wildman–Crippen LogP) is 4.18. The Morgan fingerprint density at radius 3 is 2.36 bits per heavy atom. The molecule has 2 amide bonds. The van der Waals surface area contributed by atoms with E-state index >= 15 is 0 Å². The van der Waals surface area contributed by atoms with Crippen molar-refractivity contribution in [2.24, 2.45) is 0 Å². The minimum Gasteiger partial charge on any atom is -0.389 e. The summed E-state index contributed by atoms with van der Waals surface area (Å²) < 4.78 is 2.06. The van der Waals surface area contributed by atoms with Crippen molar-refractivity contribution in [1.29, 1.82) is 0 Å². The molecule has 3 heterocycles. The van der Waals surface area contributed by atoms with Crippen molar-refractivity contribution in [1.82, 2.24) is 19.4 Å². The van der Waals surface area contributed by atoms with Gasteiger partial charge in [0.05, 0.1) is 40.5 Å². The van der Waals surface area contributed by atoms with Crippen molar-refractivity contribution in [3.8, 4) is 0 Å². The monoisotopic (exact) mass is 440 g/mol. The fraction of sp³-hybridized carbons (Fsp3) is 0.231. The highest BCUT2D eigenvalue weighted by Gasteiger charge is 2.33. The number of aromatic nitrogens is 3. The van der Waals surface area contributed by atoms with Crippen LogP contribution in [-0.2, 0) is 13.0 Å². The van der Waals surface area contributed by atoms with Crippen LogP contribution in [-0.4, -0.2) is 42.0 Å². The first kappa shape index (κ1) is 21.0. The number of imide groups is 1. The van der Waals surface area contributed by atoms with E-state index in [1.54, 1.807) is 50.4 Å². The molecule has 0 atom stereocenters. The molecule has 33 heavy (non-hydrogen) atoms. The second kappa shape index (κ2) is 7.64. The van der Waals surface area contributed by atoms with Gasteiger partial charge in [-0.15, -0.1) is 0 Å². The van der Waals surface area contributed by atoms with Crippen LogP contribution >= 0.6 is 0 Å². The van der Waals surface area contributed by atoms with E-state index < -0.39 is 5.60 Å². The SMILES string of the molecule is CCc1nc2cnc3cc(C=CN4C(=O)c5ccccc5C4=O)ccc3c2n1CC(C)(C)O. The van der Waals surface area contributed by atoms with Crippen LogP contribution < -0.4 is 0 Å². The van der Waals surface area contributed by atoms with Gasteiger partial charge in [-0.05, 0) is 43.7 Å². The van der Waals surface area contributed by atoms with Gasteiger partial charge in [0.25, 0.3) is 11.8 Å². The third-order valence-electron chi connectivity index (χ3n) is 5.78. The molecule has 5 rings (SSSR count). The number of nitrogens with zero attached hydrogens (tertiary/aromatic N) is 4. The molecule has 7 nitrogen and oxygen atoms in total. The molecule has 1 N–H and O–H groups in total. The smallest absolute Gasteiger partial charge is 0.265 e. The van der Waals surface area contributed by atoms with Crippen molar-refractivity contribution in [2.75, 3.05) is 0 Å².